The summed E-state index contributed by atoms with van der Waals surface area (Å²) in [5.41, 5.74) is 11.2. The van der Waals surface area contributed by atoms with Crippen LogP contribution < -0.4 is 15.5 Å². The van der Waals surface area contributed by atoms with E-state index in [0.29, 0.717) is 5.11 Å². The van der Waals surface area contributed by atoms with E-state index in [1.54, 1.807) is 0 Å². The molecule has 1 fully saturated rings. The minimum absolute atomic E-state index is 0.0988. The molecule has 1 aliphatic heterocycles. The number of carbonyl (C=O) groups is 1. The molecule has 38 heavy (non-hydrogen) atoms. The molecule has 7 heteroatoms. The Morgan fingerprint density at radius 2 is 1.66 bits per heavy atom. The van der Waals surface area contributed by atoms with Crippen LogP contribution in [0, 0.1) is 34.6 Å². The number of hydrogen-bond donors (Lipinski definition) is 2. The Labute approximate surface area is 229 Å². The lowest BCUT2D eigenvalue weighted by Gasteiger charge is -2.28. The lowest BCUT2D eigenvalue weighted by atomic mass is 9.96. The van der Waals surface area contributed by atoms with E-state index in [0.717, 1.165) is 17.1 Å². The predicted octanol–water partition coefficient (Wildman–Crippen LogP) is 6.55. The summed E-state index contributed by atoms with van der Waals surface area (Å²) >= 11 is 5.92. The molecule has 0 bridgehead atoms. The summed E-state index contributed by atoms with van der Waals surface area (Å²) < 4.78 is 2.37. The van der Waals surface area contributed by atoms with Gasteiger partial charge < -0.3 is 20.1 Å². The summed E-state index contributed by atoms with van der Waals surface area (Å²) in [5.74, 6) is -0.0988. The Morgan fingerprint density at radius 3 is 2.26 bits per heavy atom. The number of nitrogens with one attached hydrogen (secondary N) is 2. The molecule has 5 rings (SSSR count). The van der Waals surface area contributed by atoms with Gasteiger partial charge in [0.2, 0.25) is 5.91 Å². The lowest BCUT2D eigenvalue weighted by Crippen LogP contribution is -2.29. The Kier molecular flexibility index (Phi) is 6.80. The Bertz CT molecular complexity index is 1500. The van der Waals surface area contributed by atoms with E-state index >= 15 is 0 Å². The van der Waals surface area contributed by atoms with Crippen LogP contribution in [-0.2, 0) is 4.79 Å². The molecule has 0 spiro atoms. The summed E-state index contributed by atoms with van der Waals surface area (Å²) in [5, 5.41) is 7.04. The van der Waals surface area contributed by atoms with Gasteiger partial charge in [-0.15, -0.1) is 0 Å². The maximum Gasteiger partial charge on any atom is 0.221 e. The number of thiocarbonyl (C=S) groups is 1. The van der Waals surface area contributed by atoms with Crippen LogP contribution >= 0.6 is 12.2 Å². The molecular formula is C31H33N5OS. The van der Waals surface area contributed by atoms with Crippen LogP contribution in [0.25, 0.3) is 5.69 Å². The summed E-state index contributed by atoms with van der Waals surface area (Å²) in [6.45, 7) is 12.4. The molecule has 1 saturated heterocycles. The number of hydrogen-bond acceptors (Lipinski definition) is 3. The van der Waals surface area contributed by atoms with E-state index in [1.165, 1.54) is 46.3 Å². The molecule has 2 aromatic heterocycles. The van der Waals surface area contributed by atoms with Crippen molar-refractivity contribution in [3.63, 3.8) is 0 Å². The molecule has 0 aliphatic carbocycles. The fourth-order valence-corrected chi connectivity index (χ4v) is 6.16. The summed E-state index contributed by atoms with van der Waals surface area (Å²) in [6, 6.07) is 20.3. The van der Waals surface area contributed by atoms with E-state index in [-0.39, 0.29) is 18.0 Å². The van der Waals surface area contributed by atoms with Crippen LogP contribution in [0.5, 0.6) is 0 Å². The van der Waals surface area contributed by atoms with Crippen molar-refractivity contribution in [2.75, 3.05) is 10.2 Å². The number of pyridine rings is 1. The highest BCUT2D eigenvalue weighted by molar-refractivity contribution is 7.80. The van der Waals surface area contributed by atoms with Gasteiger partial charge in [-0.05, 0) is 106 Å². The fourth-order valence-electron chi connectivity index (χ4n) is 5.81. The van der Waals surface area contributed by atoms with Crippen molar-refractivity contribution < 1.29 is 4.79 Å². The second kappa shape index (κ2) is 10.1. The number of nitrogens with zero attached hydrogens (tertiary/aromatic N) is 3. The zero-order valence-electron chi connectivity index (χ0n) is 22.7. The summed E-state index contributed by atoms with van der Waals surface area (Å²) in [7, 11) is 0. The number of rotatable bonds is 5. The normalized spacial score (nSPS) is 17.0. The second-order valence-electron chi connectivity index (χ2n) is 10.1. The standard InChI is InChI=1S/C31H33N5OS/c1-18-15-19(2)29(20(3)16-18)35-21(4)17-26(22(35)5)30-28(27-9-7-8-14-32-27)34-31(38)36(30)25-12-10-24(11-13-25)33-23(6)37/h7-17,28,30H,1-6H3,(H,33,37)(H,34,38)/t28-,30-/m0/s1. The molecule has 2 N–H and O–H groups in total. The van der Waals surface area contributed by atoms with Gasteiger partial charge >= 0.3 is 0 Å². The molecule has 1 amide bonds. The van der Waals surface area contributed by atoms with Gasteiger partial charge in [0.15, 0.2) is 5.11 Å². The van der Waals surface area contributed by atoms with Crippen molar-refractivity contribution in [3.8, 4) is 5.69 Å². The quantitative estimate of drug-likeness (QED) is 0.291. The molecular weight excluding hydrogens is 490 g/mol. The van der Waals surface area contributed by atoms with Crippen molar-refractivity contribution in [2.45, 2.75) is 53.6 Å². The third-order valence-electron chi connectivity index (χ3n) is 7.21. The van der Waals surface area contributed by atoms with Crippen LogP contribution in [-0.4, -0.2) is 20.6 Å². The largest absolute Gasteiger partial charge is 0.351 e. The lowest BCUT2D eigenvalue weighted by molar-refractivity contribution is -0.114. The Morgan fingerprint density at radius 1 is 0.974 bits per heavy atom. The highest BCUT2D eigenvalue weighted by Crippen LogP contribution is 2.44. The van der Waals surface area contributed by atoms with Crippen LogP contribution in [0.3, 0.4) is 0 Å². The Balaban J connectivity index is 1.66. The first kappa shape index (κ1) is 25.7. The maximum absolute atomic E-state index is 11.5. The molecule has 3 heterocycles. The molecule has 4 aromatic rings. The van der Waals surface area contributed by atoms with Gasteiger partial charge in [-0.25, -0.2) is 0 Å². The van der Waals surface area contributed by atoms with E-state index in [1.807, 2.05) is 48.7 Å². The first-order chi connectivity index (χ1) is 18.2. The second-order valence-corrected chi connectivity index (χ2v) is 10.5. The summed E-state index contributed by atoms with van der Waals surface area (Å²) in [6.07, 6.45) is 1.82. The van der Waals surface area contributed by atoms with Crippen LogP contribution in [0.4, 0.5) is 11.4 Å². The molecule has 1 aliphatic rings. The van der Waals surface area contributed by atoms with Crippen molar-refractivity contribution in [2.24, 2.45) is 0 Å². The SMILES string of the molecule is CC(=O)Nc1ccc(N2C(=S)N[C@@H](c3ccccn3)[C@@H]2c2cc(C)n(-c3c(C)cc(C)cc3C)c2C)cc1. The third-order valence-corrected chi connectivity index (χ3v) is 7.53. The van der Waals surface area contributed by atoms with Crippen LogP contribution in [0.1, 0.15) is 58.3 Å². The van der Waals surface area contributed by atoms with Gasteiger partial charge in [-0.2, -0.15) is 0 Å². The number of benzene rings is 2. The van der Waals surface area contributed by atoms with E-state index < -0.39 is 0 Å². The molecule has 0 radical (unpaired) electrons. The van der Waals surface area contributed by atoms with Gasteiger partial charge in [0.1, 0.15) is 0 Å². The zero-order chi connectivity index (χ0) is 27.1. The first-order valence-electron chi connectivity index (χ1n) is 12.8. The van der Waals surface area contributed by atoms with Gasteiger partial charge in [0.25, 0.3) is 0 Å². The molecule has 2 atom stereocenters. The number of amides is 1. The van der Waals surface area contributed by atoms with Gasteiger partial charge in [0.05, 0.1) is 23.5 Å². The third kappa shape index (κ3) is 4.58. The topological polar surface area (TPSA) is 62.2 Å². The minimum atomic E-state index is -0.132. The monoisotopic (exact) mass is 523 g/mol. The van der Waals surface area contributed by atoms with Crippen molar-refractivity contribution in [3.05, 3.63) is 106 Å². The maximum atomic E-state index is 11.5. The van der Waals surface area contributed by atoms with Gasteiger partial charge in [-0.1, -0.05) is 23.8 Å². The van der Waals surface area contributed by atoms with Crippen LogP contribution in [0.15, 0.2) is 66.9 Å². The molecule has 194 valence electrons. The molecule has 0 saturated carbocycles. The smallest absolute Gasteiger partial charge is 0.221 e. The predicted molar refractivity (Wildman–Crippen MR) is 158 cm³/mol. The number of aromatic nitrogens is 2. The highest BCUT2D eigenvalue weighted by atomic mass is 32.1. The van der Waals surface area contributed by atoms with E-state index in [4.69, 9.17) is 17.2 Å². The van der Waals surface area contributed by atoms with Gasteiger partial charge in [0, 0.05) is 35.9 Å². The number of carbonyl (C=O) groups excluding carboxylic acids is 1. The fraction of sp³-hybridized carbons (Fsp3) is 0.258. The number of aryl methyl sites for hydroxylation is 4. The van der Waals surface area contributed by atoms with E-state index in [9.17, 15) is 4.79 Å². The molecule has 0 unspecified atom stereocenters. The van der Waals surface area contributed by atoms with Gasteiger partial charge in [-0.3, -0.25) is 9.78 Å². The minimum Gasteiger partial charge on any atom is -0.351 e. The average molecular weight is 524 g/mol. The van der Waals surface area contributed by atoms with Crippen LogP contribution in [0.2, 0.25) is 0 Å². The van der Waals surface area contributed by atoms with Crippen molar-refractivity contribution in [1.29, 1.82) is 0 Å². The highest BCUT2D eigenvalue weighted by Gasteiger charge is 2.42. The molecule has 2 aromatic carbocycles. The van der Waals surface area contributed by atoms with E-state index in [2.05, 4.69) is 72.9 Å². The zero-order valence-corrected chi connectivity index (χ0v) is 23.5. The summed E-state index contributed by atoms with van der Waals surface area (Å²) in [4.78, 5) is 18.4. The van der Waals surface area contributed by atoms with Crippen molar-refractivity contribution >= 4 is 34.6 Å². The first-order valence-corrected chi connectivity index (χ1v) is 13.2. The Hall–Kier alpha value is -3.97. The molecule has 6 nitrogen and oxygen atoms in total. The van der Waals surface area contributed by atoms with Crippen molar-refractivity contribution in [1.82, 2.24) is 14.9 Å². The average Bonchev–Trinajstić information content (AvgIpc) is 3.35. The number of anilines is 2.